The van der Waals surface area contributed by atoms with Crippen LogP contribution in [0.4, 0.5) is 0 Å². The minimum atomic E-state index is -0.164. The van der Waals surface area contributed by atoms with Gasteiger partial charge in [0.2, 0.25) is 0 Å². The summed E-state index contributed by atoms with van der Waals surface area (Å²) in [7, 11) is 0. The normalized spacial score (nSPS) is 20.4. The Balaban J connectivity index is 1.94. The zero-order valence-corrected chi connectivity index (χ0v) is 12.7. The number of hydrogen-bond donors (Lipinski definition) is 2. The van der Waals surface area contributed by atoms with E-state index in [1.807, 2.05) is 6.07 Å². The molecule has 3 N–H and O–H groups in total. The Hall–Kier alpha value is -1.07. The number of nitrogens with two attached hydrogens (primary N) is 1. The SMILES string of the molecule is CC1(/C(N)=N/O)CCN(Cc2cccc(Br)c2)CC1. The zero-order chi connectivity index (χ0) is 13.9. The van der Waals surface area contributed by atoms with Gasteiger partial charge in [0.1, 0.15) is 5.84 Å². The highest BCUT2D eigenvalue weighted by Crippen LogP contribution is 2.31. The third-order valence-corrected chi connectivity index (χ3v) is 4.47. The molecule has 104 valence electrons. The molecule has 1 aliphatic rings. The molecule has 0 aliphatic carbocycles. The maximum Gasteiger partial charge on any atom is 0.145 e. The van der Waals surface area contributed by atoms with Crippen molar-refractivity contribution in [3.05, 3.63) is 34.3 Å². The summed E-state index contributed by atoms with van der Waals surface area (Å²) in [5.74, 6) is 0.356. The summed E-state index contributed by atoms with van der Waals surface area (Å²) in [6.45, 7) is 4.96. The summed E-state index contributed by atoms with van der Waals surface area (Å²) in [6.07, 6.45) is 1.85. The molecule has 0 aromatic heterocycles. The van der Waals surface area contributed by atoms with Gasteiger partial charge in [-0.2, -0.15) is 0 Å². The van der Waals surface area contributed by atoms with Gasteiger partial charge in [0, 0.05) is 16.4 Å². The van der Waals surface area contributed by atoms with Crippen LogP contribution in [0.3, 0.4) is 0 Å². The average Bonchev–Trinajstić information content (AvgIpc) is 2.41. The van der Waals surface area contributed by atoms with Gasteiger partial charge in [-0.25, -0.2) is 0 Å². The number of benzene rings is 1. The molecular weight excluding hydrogens is 306 g/mol. The first-order valence-electron chi connectivity index (χ1n) is 6.48. The molecule has 0 atom stereocenters. The Kier molecular flexibility index (Phi) is 4.47. The Morgan fingerprint density at radius 3 is 2.74 bits per heavy atom. The van der Waals surface area contributed by atoms with Gasteiger partial charge in [-0.1, -0.05) is 40.1 Å². The van der Waals surface area contributed by atoms with Gasteiger partial charge in [0.05, 0.1) is 0 Å². The first-order valence-corrected chi connectivity index (χ1v) is 7.27. The molecule has 0 radical (unpaired) electrons. The van der Waals surface area contributed by atoms with E-state index in [0.29, 0.717) is 5.84 Å². The lowest BCUT2D eigenvalue weighted by molar-refractivity contribution is 0.153. The molecule has 1 fully saturated rings. The molecule has 0 amide bonds. The van der Waals surface area contributed by atoms with Crippen LogP contribution in [0.2, 0.25) is 0 Å². The smallest absolute Gasteiger partial charge is 0.145 e. The highest BCUT2D eigenvalue weighted by Gasteiger charge is 2.34. The molecule has 0 bridgehead atoms. The van der Waals surface area contributed by atoms with E-state index in [4.69, 9.17) is 10.9 Å². The first-order chi connectivity index (χ1) is 9.03. The average molecular weight is 326 g/mol. The molecule has 5 heteroatoms. The van der Waals surface area contributed by atoms with Crippen molar-refractivity contribution >= 4 is 21.8 Å². The van der Waals surface area contributed by atoms with E-state index in [-0.39, 0.29) is 5.41 Å². The van der Waals surface area contributed by atoms with Crippen molar-refractivity contribution in [1.82, 2.24) is 4.90 Å². The number of oxime groups is 1. The number of amidine groups is 1. The molecule has 1 aromatic carbocycles. The van der Waals surface area contributed by atoms with Crippen molar-refractivity contribution in [2.45, 2.75) is 26.3 Å². The fraction of sp³-hybridized carbons (Fsp3) is 0.500. The second kappa shape index (κ2) is 5.92. The molecule has 0 spiro atoms. The standard InChI is InChI=1S/C14H20BrN3O/c1-14(13(16)17-19)5-7-18(8-6-14)10-11-3-2-4-12(15)9-11/h2-4,9,19H,5-8,10H2,1H3,(H2,16,17). The first kappa shape index (κ1) is 14.3. The second-order valence-corrected chi connectivity index (χ2v) is 6.37. The van der Waals surface area contributed by atoms with Crippen LogP contribution in [-0.4, -0.2) is 29.0 Å². The number of halogens is 1. The summed E-state index contributed by atoms with van der Waals surface area (Å²) < 4.78 is 1.11. The van der Waals surface area contributed by atoms with Crippen LogP contribution in [0.15, 0.2) is 33.9 Å². The van der Waals surface area contributed by atoms with Gasteiger partial charge in [-0.3, -0.25) is 4.90 Å². The molecule has 2 rings (SSSR count). The molecule has 19 heavy (non-hydrogen) atoms. The maximum absolute atomic E-state index is 8.83. The summed E-state index contributed by atoms with van der Waals surface area (Å²) >= 11 is 3.49. The molecular formula is C14H20BrN3O. The number of likely N-dealkylation sites (tertiary alicyclic amines) is 1. The van der Waals surface area contributed by atoms with E-state index in [9.17, 15) is 0 Å². The van der Waals surface area contributed by atoms with Gasteiger partial charge >= 0.3 is 0 Å². The van der Waals surface area contributed by atoms with Gasteiger partial charge < -0.3 is 10.9 Å². The predicted octanol–water partition coefficient (Wildman–Crippen LogP) is 2.80. The summed E-state index contributed by atoms with van der Waals surface area (Å²) in [5.41, 5.74) is 6.92. The molecule has 0 unspecified atom stereocenters. The summed E-state index contributed by atoms with van der Waals surface area (Å²) in [4.78, 5) is 2.41. The Morgan fingerprint density at radius 1 is 1.47 bits per heavy atom. The van der Waals surface area contributed by atoms with Gasteiger partial charge in [0.25, 0.3) is 0 Å². The molecule has 1 heterocycles. The molecule has 1 aliphatic heterocycles. The number of rotatable bonds is 3. The van der Waals surface area contributed by atoms with E-state index in [2.05, 4.69) is 51.1 Å². The summed E-state index contributed by atoms with van der Waals surface area (Å²) in [6, 6.07) is 8.39. The van der Waals surface area contributed by atoms with Crippen molar-refractivity contribution in [3.63, 3.8) is 0 Å². The molecule has 1 aromatic rings. The van der Waals surface area contributed by atoms with E-state index >= 15 is 0 Å². The highest BCUT2D eigenvalue weighted by molar-refractivity contribution is 9.10. The van der Waals surface area contributed by atoms with Crippen molar-refractivity contribution in [3.8, 4) is 0 Å². The lowest BCUT2D eigenvalue weighted by Crippen LogP contribution is -2.45. The molecule has 4 nitrogen and oxygen atoms in total. The third kappa shape index (κ3) is 3.48. The minimum Gasteiger partial charge on any atom is -0.409 e. The monoisotopic (exact) mass is 325 g/mol. The lowest BCUT2D eigenvalue weighted by atomic mass is 9.79. The van der Waals surface area contributed by atoms with Crippen LogP contribution in [-0.2, 0) is 6.54 Å². The van der Waals surface area contributed by atoms with Crippen molar-refractivity contribution in [1.29, 1.82) is 0 Å². The van der Waals surface area contributed by atoms with Crippen LogP contribution in [0.5, 0.6) is 0 Å². The Morgan fingerprint density at radius 2 is 2.16 bits per heavy atom. The van der Waals surface area contributed by atoms with Crippen molar-refractivity contribution in [2.75, 3.05) is 13.1 Å². The van der Waals surface area contributed by atoms with Gasteiger partial charge in [-0.05, 0) is 43.6 Å². The van der Waals surface area contributed by atoms with Crippen LogP contribution < -0.4 is 5.73 Å². The zero-order valence-electron chi connectivity index (χ0n) is 11.1. The number of hydrogen-bond acceptors (Lipinski definition) is 3. The van der Waals surface area contributed by atoms with Crippen molar-refractivity contribution in [2.24, 2.45) is 16.3 Å². The number of piperidine rings is 1. The van der Waals surface area contributed by atoms with E-state index < -0.39 is 0 Å². The fourth-order valence-electron chi connectivity index (χ4n) is 2.48. The van der Waals surface area contributed by atoms with Gasteiger partial charge in [0.15, 0.2) is 0 Å². The molecule has 0 saturated carbocycles. The predicted molar refractivity (Wildman–Crippen MR) is 80.2 cm³/mol. The fourth-order valence-corrected chi connectivity index (χ4v) is 2.92. The quantitative estimate of drug-likeness (QED) is 0.389. The minimum absolute atomic E-state index is 0.164. The van der Waals surface area contributed by atoms with Crippen LogP contribution in [0, 0.1) is 5.41 Å². The highest BCUT2D eigenvalue weighted by atomic mass is 79.9. The second-order valence-electron chi connectivity index (χ2n) is 5.45. The summed E-state index contributed by atoms with van der Waals surface area (Å²) in [5, 5.41) is 12.0. The van der Waals surface area contributed by atoms with E-state index in [1.54, 1.807) is 0 Å². The van der Waals surface area contributed by atoms with E-state index in [1.165, 1.54) is 5.56 Å². The van der Waals surface area contributed by atoms with Gasteiger partial charge in [-0.15, -0.1) is 0 Å². The Labute approximate surface area is 122 Å². The molecule has 1 saturated heterocycles. The van der Waals surface area contributed by atoms with Crippen molar-refractivity contribution < 1.29 is 5.21 Å². The van der Waals surface area contributed by atoms with Crippen LogP contribution in [0.25, 0.3) is 0 Å². The maximum atomic E-state index is 8.83. The van der Waals surface area contributed by atoms with Crippen LogP contribution >= 0.6 is 15.9 Å². The Bertz CT molecular complexity index is 468. The topological polar surface area (TPSA) is 61.9 Å². The lowest BCUT2D eigenvalue weighted by Gasteiger charge is -2.38. The largest absolute Gasteiger partial charge is 0.409 e. The van der Waals surface area contributed by atoms with E-state index in [0.717, 1.165) is 36.9 Å². The van der Waals surface area contributed by atoms with Crippen LogP contribution in [0.1, 0.15) is 25.3 Å². The number of nitrogens with zero attached hydrogens (tertiary/aromatic N) is 2. The third-order valence-electron chi connectivity index (χ3n) is 3.98.